The van der Waals surface area contributed by atoms with Crippen molar-refractivity contribution in [1.82, 2.24) is 5.32 Å². The summed E-state index contributed by atoms with van der Waals surface area (Å²) < 4.78 is 0. The molecule has 0 fully saturated rings. The van der Waals surface area contributed by atoms with Gasteiger partial charge in [-0.05, 0) is 24.7 Å². The summed E-state index contributed by atoms with van der Waals surface area (Å²) in [4.78, 5) is 11.9. The first-order valence-corrected chi connectivity index (χ1v) is 7.13. The second-order valence-corrected chi connectivity index (χ2v) is 6.63. The van der Waals surface area contributed by atoms with E-state index in [0.29, 0.717) is 12.3 Å². The molecule has 3 heteroatoms. The molecule has 0 spiro atoms. The highest BCUT2D eigenvalue weighted by atomic mass is 79.9. The van der Waals surface area contributed by atoms with Crippen LogP contribution in [0.1, 0.15) is 54.4 Å². The van der Waals surface area contributed by atoms with Crippen molar-refractivity contribution < 1.29 is 4.79 Å². The van der Waals surface area contributed by atoms with E-state index in [0.717, 1.165) is 11.8 Å². The minimum atomic E-state index is -0.116. The molecular weight excluding hydrogens is 266 g/mol. The van der Waals surface area contributed by atoms with Crippen LogP contribution in [0.2, 0.25) is 0 Å². The molecule has 2 unspecified atom stereocenters. The van der Waals surface area contributed by atoms with Crippen LogP contribution in [0.4, 0.5) is 0 Å². The summed E-state index contributed by atoms with van der Waals surface area (Å²) in [5.41, 5.74) is 0.0725. The van der Waals surface area contributed by atoms with Crippen LogP contribution in [-0.2, 0) is 4.79 Å². The van der Waals surface area contributed by atoms with Gasteiger partial charge in [0.25, 0.3) is 0 Å². The number of rotatable bonds is 5. The van der Waals surface area contributed by atoms with E-state index >= 15 is 0 Å². The molecule has 2 nitrogen and oxygen atoms in total. The van der Waals surface area contributed by atoms with Crippen LogP contribution in [-0.4, -0.2) is 16.8 Å². The van der Waals surface area contributed by atoms with Crippen molar-refractivity contribution >= 4 is 21.8 Å². The van der Waals surface area contributed by atoms with Crippen LogP contribution >= 0.6 is 15.9 Å². The number of carbonyl (C=O) groups is 1. The van der Waals surface area contributed by atoms with E-state index in [2.05, 4.69) is 62.8 Å². The third-order valence-corrected chi connectivity index (χ3v) is 4.72. The van der Waals surface area contributed by atoms with E-state index < -0.39 is 0 Å². The Morgan fingerprint density at radius 1 is 1.31 bits per heavy atom. The fourth-order valence-corrected chi connectivity index (χ4v) is 1.72. The smallest absolute Gasteiger partial charge is 0.220 e. The molecular formula is C13H26BrNO. The van der Waals surface area contributed by atoms with Crippen molar-refractivity contribution in [3.8, 4) is 0 Å². The summed E-state index contributed by atoms with van der Waals surface area (Å²) in [5, 5.41) is 3.91. The summed E-state index contributed by atoms with van der Waals surface area (Å²) in [5.74, 6) is 0.551. The maximum atomic E-state index is 11.9. The minimum absolute atomic E-state index is 0.116. The van der Waals surface area contributed by atoms with Crippen LogP contribution in [0, 0.1) is 11.3 Å². The van der Waals surface area contributed by atoms with Crippen molar-refractivity contribution in [3.05, 3.63) is 0 Å². The lowest BCUT2D eigenvalue weighted by molar-refractivity contribution is -0.124. The highest BCUT2D eigenvalue weighted by molar-refractivity contribution is 9.09. The molecule has 0 aromatic rings. The van der Waals surface area contributed by atoms with Gasteiger partial charge in [0.05, 0.1) is 0 Å². The maximum absolute atomic E-state index is 11.9. The average molecular weight is 292 g/mol. The third-order valence-electron chi connectivity index (χ3n) is 3.49. The van der Waals surface area contributed by atoms with E-state index in [9.17, 15) is 4.79 Å². The molecule has 96 valence electrons. The molecule has 0 saturated heterocycles. The highest BCUT2D eigenvalue weighted by Crippen LogP contribution is 2.28. The van der Waals surface area contributed by atoms with Crippen molar-refractivity contribution in [3.63, 3.8) is 0 Å². The molecule has 0 rings (SSSR count). The zero-order valence-corrected chi connectivity index (χ0v) is 13.1. The number of halogens is 1. The monoisotopic (exact) mass is 291 g/mol. The standard InChI is InChI=1S/C13H26BrNO/c1-7-13(6,9-14)15-11(16)8-10(2)12(3,4)5/h10H,7-9H2,1-6H3,(H,15,16). The Bertz CT molecular complexity index is 229. The van der Waals surface area contributed by atoms with Crippen molar-refractivity contribution in [2.45, 2.75) is 59.9 Å². The normalized spacial score (nSPS) is 17.7. The Morgan fingerprint density at radius 2 is 1.81 bits per heavy atom. The van der Waals surface area contributed by atoms with Gasteiger partial charge < -0.3 is 5.32 Å². The number of hydrogen-bond acceptors (Lipinski definition) is 1. The molecule has 0 bridgehead atoms. The molecule has 0 saturated carbocycles. The van der Waals surface area contributed by atoms with Crippen LogP contribution in [0.5, 0.6) is 0 Å². The van der Waals surface area contributed by atoms with Gasteiger partial charge in [0.1, 0.15) is 0 Å². The highest BCUT2D eigenvalue weighted by Gasteiger charge is 2.27. The van der Waals surface area contributed by atoms with Crippen LogP contribution in [0.3, 0.4) is 0 Å². The number of nitrogens with one attached hydrogen (secondary N) is 1. The molecule has 0 aliphatic heterocycles. The zero-order valence-electron chi connectivity index (χ0n) is 11.5. The topological polar surface area (TPSA) is 29.1 Å². The van der Waals surface area contributed by atoms with Crippen LogP contribution in [0.15, 0.2) is 0 Å². The van der Waals surface area contributed by atoms with E-state index in [1.165, 1.54) is 0 Å². The van der Waals surface area contributed by atoms with Gasteiger partial charge in [-0.25, -0.2) is 0 Å². The number of amides is 1. The summed E-state index contributed by atoms with van der Waals surface area (Å²) >= 11 is 3.45. The molecule has 0 aliphatic carbocycles. The summed E-state index contributed by atoms with van der Waals surface area (Å²) in [6.07, 6.45) is 1.54. The molecule has 0 aromatic heterocycles. The fourth-order valence-electron chi connectivity index (χ4n) is 1.19. The van der Waals surface area contributed by atoms with Gasteiger partial charge in [0, 0.05) is 17.3 Å². The quantitative estimate of drug-likeness (QED) is 0.768. The SMILES string of the molecule is CCC(C)(CBr)NC(=O)CC(C)C(C)(C)C. The Morgan fingerprint density at radius 3 is 2.12 bits per heavy atom. The third kappa shape index (κ3) is 5.33. The predicted molar refractivity (Wildman–Crippen MR) is 73.9 cm³/mol. The van der Waals surface area contributed by atoms with Gasteiger partial charge in [-0.15, -0.1) is 0 Å². The fraction of sp³-hybridized carbons (Fsp3) is 0.923. The maximum Gasteiger partial charge on any atom is 0.220 e. The molecule has 0 aliphatic rings. The van der Waals surface area contributed by atoms with Gasteiger partial charge in [-0.2, -0.15) is 0 Å². The number of hydrogen-bond donors (Lipinski definition) is 1. The van der Waals surface area contributed by atoms with Crippen molar-refractivity contribution in [1.29, 1.82) is 0 Å². The minimum Gasteiger partial charge on any atom is -0.350 e. The van der Waals surface area contributed by atoms with Crippen molar-refractivity contribution in [2.24, 2.45) is 11.3 Å². The first-order chi connectivity index (χ1) is 7.14. The van der Waals surface area contributed by atoms with Gasteiger partial charge in [-0.3, -0.25) is 4.79 Å². The molecule has 1 N–H and O–H groups in total. The second-order valence-electron chi connectivity index (χ2n) is 6.07. The lowest BCUT2D eigenvalue weighted by atomic mass is 9.80. The molecule has 0 heterocycles. The van der Waals surface area contributed by atoms with Crippen LogP contribution < -0.4 is 5.32 Å². The Labute approximate surface area is 109 Å². The Kier molecular flexibility index (Phi) is 6.02. The summed E-state index contributed by atoms with van der Waals surface area (Å²) in [7, 11) is 0. The van der Waals surface area contributed by atoms with Gasteiger partial charge >= 0.3 is 0 Å². The van der Waals surface area contributed by atoms with Gasteiger partial charge in [0.15, 0.2) is 0 Å². The Balaban J connectivity index is 4.29. The average Bonchev–Trinajstić information content (AvgIpc) is 2.15. The van der Waals surface area contributed by atoms with E-state index in [-0.39, 0.29) is 16.9 Å². The van der Waals surface area contributed by atoms with E-state index in [4.69, 9.17) is 0 Å². The van der Waals surface area contributed by atoms with Gasteiger partial charge in [0.2, 0.25) is 5.91 Å². The molecule has 0 radical (unpaired) electrons. The molecule has 1 amide bonds. The zero-order chi connectivity index (χ0) is 13.0. The molecule has 16 heavy (non-hydrogen) atoms. The first kappa shape index (κ1) is 16.0. The van der Waals surface area contributed by atoms with Crippen LogP contribution in [0.25, 0.3) is 0 Å². The van der Waals surface area contributed by atoms with E-state index in [1.54, 1.807) is 0 Å². The second kappa shape index (κ2) is 6.04. The summed E-state index contributed by atoms with van der Waals surface area (Å²) in [6, 6.07) is 0. The lowest BCUT2D eigenvalue weighted by Gasteiger charge is -2.31. The molecule has 2 atom stereocenters. The first-order valence-electron chi connectivity index (χ1n) is 6.01. The number of carbonyl (C=O) groups excluding carboxylic acids is 1. The predicted octanol–water partition coefficient (Wildman–Crippen LogP) is 3.74. The summed E-state index contributed by atoms with van der Waals surface area (Å²) in [6.45, 7) is 12.8. The Hall–Kier alpha value is -0.0500. The van der Waals surface area contributed by atoms with E-state index in [1.807, 2.05) is 0 Å². The molecule has 0 aromatic carbocycles. The van der Waals surface area contributed by atoms with Gasteiger partial charge in [-0.1, -0.05) is 50.5 Å². The number of alkyl halides is 1. The van der Waals surface area contributed by atoms with Crippen molar-refractivity contribution in [2.75, 3.05) is 5.33 Å². The lowest BCUT2D eigenvalue weighted by Crippen LogP contribution is -2.47. The largest absolute Gasteiger partial charge is 0.350 e.